The van der Waals surface area contributed by atoms with Gasteiger partial charge in [-0.25, -0.2) is 0 Å². The van der Waals surface area contributed by atoms with Gasteiger partial charge in [0, 0.05) is 30.0 Å². The Hall–Kier alpha value is -1.89. The number of nitrogens with one attached hydrogen (secondary N) is 2. The molecule has 2 N–H and O–H groups in total. The predicted octanol–water partition coefficient (Wildman–Crippen LogP) is 1.33. The van der Waals surface area contributed by atoms with Gasteiger partial charge in [-0.3, -0.25) is 14.4 Å². The molecule has 0 fully saturated rings. The van der Waals surface area contributed by atoms with E-state index in [-0.39, 0.29) is 30.2 Å². The lowest BCUT2D eigenvalue weighted by molar-refractivity contribution is -0.141. The van der Waals surface area contributed by atoms with Gasteiger partial charge in [-0.05, 0) is 24.8 Å². The maximum Gasteiger partial charge on any atom is 0.307 e. The van der Waals surface area contributed by atoms with E-state index in [9.17, 15) is 14.4 Å². The van der Waals surface area contributed by atoms with Gasteiger partial charge in [0.25, 0.3) is 5.91 Å². The first-order valence-electron chi connectivity index (χ1n) is 6.69. The van der Waals surface area contributed by atoms with E-state index < -0.39 is 0 Å². The highest BCUT2D eigenvalue weighted by Gasteiger charge is 2.12. The second-order valence-corrected chi connectivity index (χ2v) is 5.40. The highest BCUT2D eigenvalue weighted by molar-refractivity contribution is 7.08. The molecule has 0 saturated heterocycles. The zero-order chi connectivity index (χ0) is 15.7. The maximum atomic E-state index is 11.6. The zero-order valence-electron chi connectivity index (χ0n) is 12.2. The Morgan fingerprint density at radius 2 is 2.14 bits per heavy atom. The van der Waals surface area contributed by atoms with Crippen LogP contribution >= 0.6 is 11.3 Å². The van der Waals surface area contributed by atoms with E-state index in [1.165, 1.54) is 18.4 Å². The number of methoxy groups -OCH3 is 1. The standard InChI is InChI=1S/C14H20N2O4S/c1-10(8-13(18)20-2)16-12(17)4-3-6-15-14(19)11-5-7-21-9-11/h5,7,9-10H,3-4,6,8H2,1-2H3,(H,15,19)(H,16,17). The van der Waals surface area contributed by atoms with Crippen LogP contribution in [0.1, 0.15) is 36.5 Å². The molecule has 0 saturated carbocycles. The Morgan fingerprint density at radius 3 is 2.76 bits per heavy atom. The van der Waals surface area contributed by atoms with Crippen LogP contribution in [-0.4, -0.2) is 37.5 Å². The second kappa shape index (κ2) is 9.12. The molecule has 1 rings (SSSR count). The molecule has 2 amide bonds. The molecule has 0 aliphatic heterocycles. The highest BCUT2D eigenvalue weighted by atomic mass is 32.1. The normalized spacial score (nSPS) is 11.5. The molecule has 1 atom stereocenters. The molecule has 21 heavy (non-hydrogen) atoms. The van der Waals surface area contributed by atoms with Gasteiger partial charge in [0.1, 0.15) is 0 Å². The second-order valence-electron chi connectivity index (χ2n) is 4.62. The topological polar surface area (TPSA) is 84.5 Å². The lowest BCUT2D eigenvalue weighted by Gasteiger charge is -2.12. The third-order valence-electron chi connectivity index (χ3n) is 2.76. The minimum atomic E-state index is -0.356. The molecule has 1 aromatic rings. The van der Waals surface area contributed by atoms with Crippen LogP contribution in [0, 0.1) is 0 Å². The monoisotopic (exact) mass is 312 g/mol. The first-order valence-corrected chi connectivity index (χ1v) is 7.63. The van der Waals surface area contributed by atoms with Crippen molar-refractivity contribution in [1.29, 1.82) is 0 Å². The van der Waals surface area contributed by atoms with Crippen LogP contribution in [0.3, 0.4) is 0 Å². The fourth-order valence-corrected chi connectivity index (χ4v) is 2.31. The highest BCUT2D eigenvalue weighted by Crippen LogP contribution is 2.05. The summed E-state index contributed by atoms with van der Waals surface area (Å²) in [5, 5.41) is 9.07. The predicted molar refractivity (Wildman–Crippen MR) is 80.1 cm³/mol. The van der Waals surface area contributed by atoms with Crippen LogP contribution in [0.4, 0.5) is 0 Å². The molecule has 1 aromatic heterocycles. The smallest absolute Gasteiger partial charge is 0.307 e. The van der Waals surface area contributed by atoms with E-state index in [0.717, 1.165) is 0 Å². The van der Waals surface area contributed by atoms with E-state index in [1.54, 1.807) is 18.4 Å². The van der Waals surface area contributed by atoms with Crippen molar-refractivity contribution in [2.45, 2.75) is 32.2 Å². The van der Waals surface area contributed by atoms with E-state index in [4.69, 9.17) is 0 Å². The van der Waals surface area contributed by atoms with Crippen molar-refractivity contribution in [1.82, 2.24) is 10.6 Å². The van der Waals surface area contributed by atoms with E-state index in [1.807, 2.05) is 5.38 Å². The van der Waals surface area contributed by atoms with E-state index >= 15 is 0 Å². The molecule has 1 unspecified atom stereocenters. The van der Waals surface area contributed by atoms with Crippen molar-refractivity contribution in [3.63, 3.8) is 0 Å². The number of thiophene rings is 1. The van der Waals surface area contributed by atoms with Crippen molar-refractivity contribution in [3.05, 3.63) is 22.4 Å². The Bertz CT molecular complexity index is 473. The summed E-state index contributed by atoms with van der Waals surface area (Å²) in [6.45, 7) is 2.18. The number of amides is 2. The lowest BCUT2D eigenvalue weighted by Crippen LogP contribution is -2.35. The number of hydrogen-bond donors (Lipinski definition) is 2. The molecule has 116 valence electrons. The Labute approximate surface area is 127 Å². The summed E-state index contributed by atoms with van der Waals surface area (Å²) in [6.07, 6.45) is 0.999. The van der Waals surface area contributed by atoms with Gasteiger partial charge in [0.2, 0.25) is 5.91 Å². The fourth-order valence-electron chi connectivity index (χ4n) is 1.68. The maximum absolute atomic E-state index is 11.6. The van der Waals surface area contributed by atoms with Crippen LogP contribution in [0.5, 0.6) is 0 Å². The van der Waals surface area contributed by atoms with Crippen LogP contribution in [0.2, 0.25) is 0 Å². The van der Waals surface area contributed by atoms with Crippen molar-refractivity contribution >= 4 is 29.1 Å². The van der Waals surface area contributed by atoms with Crippen molar-refractivity contribution < 1.29 is 19.1 Å². The van der Waals surface area contributed by atoms with Crippen LogP contribution < -0.4 is 10.6 Å². The van der Waals surface area contributed by atoms with E-state index in [2.05, 4.69) is 15.4 Å². The first-order chi connectivity index (χ1) is 10.0. The van der Waals surface area contributed by atoms with Gasteiger partial charge < -0.3 is 15.4 Å². The summed E-state index contributed by atoms with van der Waals surface area (Å²) in [4.78, 5) is 34.3. The van der Waals surface area contributed by atoms with Crippen molar-refractivity contribution in [3.8, 4) is 0 Å². The fraction of sp³-hybridized carbons (Fsp3) is 0.500. The zero-order valence-corrected chi connectivity index (χ0v) is 13.0. The SMILES string of the molecule is COC(=O)CC(C)NC(=O)CCCNC(=O)c1ccsc1. The summed E-state index contributed by atoms with van der Waals surface area (Å²) >= 11 is 1.46. The Kier molecular flexibility index (Phi) is 7.45. The third-order valence-corrected chi connectivity index (χ3v) is 3.44. The summed E-state index contributed by atoms with van der Waals surface area (Å²) in [6, 6.07) is 1.49. The number of carbonyl (C=O) groups is 3. The quantitative estimate of drug-likeness (QED) is 0.560. The van der Waals surface area contributed by atoms with Gasteiger partial charge in [-0.1, -0.05) is 0 Å². The van der Waals surface area contributed by atoms with Gasteiger partial charge >= 0.3 is 5.97 Å². The lowest BCUT2D eigenvalue weighted by atomic mass is 10.2. The van der Waals surface area contributed by atoms with Gasteiger partial charge in [0.15, 0.2) is 0 Å². The molecule has 0 bridgehead atoms. The number of carbonyl (C=O) groups excluding carboxylic acids is 3. The van der Waals surface area contributed by atoms with Crippen molar-refractivity contribution in [2.75, 3.05) is 13.7 Å². The first kappa shape index (κ1) is 17.2. The molecule has 0 aliphatic rings. The minimum Gasteiger partial charge on any atom is -0.469 e. The summed E-state index contributed by atoms with van der Waals surface area (Å²) < 4.78 is 4.53. The molecule has 0 aliphatic carbocycles. The van der Waals surface area contributed by atoms with Gasteiger partial charge in [-0.15, -0.1) is 0 Å². The molecule has 1 heterocycles. The summed E-state index contributed by atoms with van der Waals surface area (Å²) in [5.74, 6) is -0.627. The Morgan fingerprint density at radius 1 is 1.38 bits per heavy atom. The molecule has 0 aromatic carbocycles. The largest absolute Gasteiger partial charge is 0.469 e. The van der Waals surface area contributed by atoms with Crippen molar-refractivity contribution in [2.24, 2.45) is 0 Å². The number of esters is 1. The molecular weight excluding hydrogens is 292 g/mol. The van der Waals surface area contributed by atoms with Crippen LogP contribution in [0.25, 0.3) is 0 Å². The summed E-state index contributed by atoms with van der Waals surface area (Å²) in [5.41, 5.74) is 0.635. The molecular formula is C14H20N2O4S. The molecule has 0 radical (unpaired) electrons. The van der Waals surface area contributed by atoms with Gasteiger partial charge in [-0.2, -0.15) is 11.3 Å². The molecule has 7 heteroatoms. The molecule has 6 nitrogen and oxygen atoms in total. The summed E-state index contributed by atoms with van der Waals surface area (Å²) in [7, 11) is 1.31. The molecule has 0 spiro atoms. The van der Waals surface area contributed by atoms with E-state index in [0.29, 0.717) is 24.9 Å². The Balaban J connectivity index is 2.13. The van der Waals surface area contributed by atoms with Crippen LogP contribution in [-0.2, 0) is 14.3 Å². The average molecular weight is 312 g/mol. The number of rotatable bonds is 8. The average Bonchev–Trinajstić information content (AvgIpc) is 2.97. The van der Waals surface area contributed by atoms with Gasteiger partial charge in [0.05, 0.1) is 13.5 Å². The van der Waals surface area contributed by atoms with Crippen LogP contribution in [0.15, 0.2) is 16.8 Å². The third kappa shape index (κ3) is 6.89. The number of ether oxygens (including phenoxy) is 1. The number of hydrogen-bond acceptors (Lipinski definition) is 5. The minimum absolute atomic E-state index is 0.129.